The van der Waals surface area contributed by atoms with Gasteiger partial charge in [-0.15, -0.1) is 0 Å². The maximum absolute atomic E-state index is 12.8. The minimum absolute atomic E-state index is 0.0798. The van der Waals surface area contributed by atoms with Gasteiger partial charge >= 0.3 is 6.09 Å². The van der Waals surface area contributed by atoms with Crippen LogP contribution >= 0.6 is 0 Å². The van der Waals surface area contributed by atoms with Crippen molar-refractivity contribution in [1.29, 1.82) is 0 Å². The Labute approximate surface area is 212 Å². The highest BCUT2D eigenvalue weighted by Gasteiger charge is 2.22. The number of carbonyl (C=O) groups excluding carboxylic acids is 4. The molecular weight excluding hydrogens is 464 g/mol. The topological polar surface area (TPSA) is 127 Å². The van der Waals surface area contributed by atoms with Crippen molar-refractivity contribution in [1.82, 2.24) is 19.4 Å². The summed E-state index contributed by atoms with van der Waals surface area (Å²) in [6.07, 6.45) is 3.73. The van der Waals surface area contributed by atoms with E-state index in [0.29, 0.717) is 35.9 Å². The van der Waals surface area contributed by atoms with Crippen LogP contribution in [0, 0.1) is 0 Å². The van der Waals surface area contributed by atoms with Crippen molar-refractivity contribution in [2.24, 2.45) is 14.1 Å². The van der Waals surface area contributed by atoms with Crippen LogP contribution in [0.2, 0.25) is 0 Å². The fourth-order valence-electron chi connectivity index (χ4n) is 3.41. The standard InChI is InChI=1S/C25H38N6O5/c1-8-11-26-22(33)19-14-18(16-29(19)6)28-23(34)20-13-17(15-30(20)7)27-21(32)10-12-31(9-2)24(35)36-25(3,4)5/h13-16H,8-12H2,1-7H3,(H,26,33)(H,27,32)(H,28,34). The Morgan fingerprint density at radius 3 is 2.00 bits per heavy atom. The number of nitrogens with zero attached hydrogens (tertiary/aromatic N) is 3. The molecule has 2 rings (SSSR count). The van der Waals surface area contributed by atoms with Gasteiger partial charge in [-0.2, -0.15) is 0 Å². The van der Waals surface area contributed by atoms with Gasteiger partial charge in [-0.3, -0.25) is 14.4 Å². The Kier molecular flexibility index (Phi) is 9.71. The van der Waals surface area contributed by atoms with E-state index < -0.39 is 11.7 Å². The molecule has 0 aromatic carbocycles. The highest BCUT2D eigenvalue weighted by atomic mass is 16.6. The van der Waals surface area contributed by atoms with E-state index in [1.54, 1.807) is 68.5 Å². The third kappa shape index (κ3) is 8.17. The number of ether oxygens (including phenoxy) is 1. The number of carbonyl (C=O) groups is 4. The number of hydrogen-bond acceptors (Lipinski definition) is 5. The summed E-state index contributed by atoms with van der Waals surface area (Å²) in [5, 5.41) is 8.36. The lowest BCUT2D eigenvalue weighted by Crippen LogP contribution is -2.38. The minimum Gasteiger partial charge on any atom is -0.444 e. The molecule has 2 heterocycles. The molecule has 0 saturated heterocycles. The molecule has 2 aromatic rings. The Hall–Kier alpha value is -3.76. The second kappa shape index (κ2) is 12.3. The molecule has 0 spiro atoms. The van der Waals surface area contributed by atoms with Crippen LogP contribution in [0.3, 0.4) is 0 Å². The van der Waals surface area contributed by atoms with Crippen molar-refractivity contribution in [2.45, 2.75) is 53.1 Å². The molecular formula is C25H38N6O5. The molecule has 0 radical (unpaired) electrons. The van der Waals surface area contributed by atoms with E-state index in [-0.39, 0.29) is 30.7 Å². The molecule has 0 aliphatic heterocycles. The Bertz CT molecular complexity index is 1100. The monoisotopic (exact) mass is 502 g/mol. The van der Waals surface area contributed by atoms with Gasteiger partial charge in [0.25, 0.3) is 11.8 Å². The maximum atomic E-state index is 12.8. The number of hydrogen-bond donors (Lipinski definition) is 3. The first-order chi connectivity index (χ1) is 16.8. The first-order valence-corrected chi connectivity index (χ1v) is 12.0. The van der Waals surface area contributed by atoms with Gasteiger partial charge in [0.2, 0.25) is 5.91 Å². The number of aromatic nitrogens is 2. The van der Waals surface area contributed by atoms with E-state index in [2.05, 4.69) is 16.0 Å². The average molecular weight is 503 g/mol. The van der Waals surface area contributed by atoms with Crippen molar-refractivity contribution >= 4 is 35.2 Å². The summed E-state index contributed by atoms with van der Waals surface area (Å²) in [6.45, 7) is 10.3. The molecule has 0 fully saturated rings. The van der Waals surface area contributed by atoms with E-state index in [4.69, 9.17) is 4.74 Å². The number of anilines is 2. The predicted molar refractivity (Wildman–Crippen MR) is 138 cm³/mol. The van der Waals surface area contributed by atoms with Crippen LogP contribution < -0.4 is 16.0 Å². The lowest BCUT2D eigenvalue weighted by atomic mass is 10.2. The van der Waals surface area contributed by atoms with Crippen LogP contribution in [0.5, 0.6) is 0 Å². The van der Waals surface area contributed by atoms with Gasteiger partial charge in [-0.25, -0.2) is 4.79 Å². The van der Waals surface area contributed by atoms with Gasteiger partial charge in [0, 0.05) is 52.5 Å². The SMILES string of the molecule is CCCNC(=O)c1cc(NC(=O)c2cc(NC(=O)CCN(CC)C(=O)OC(C)(C)C)cn2C)cn1C. The molecule has 3 N–H and O–H groups in total. The molecule has 0 aliphatic carbocycles. The van der Waals surface area contributed by atoms with Gasteiger partial charge < -0.3 is 34.7 Å². The van der Waals surface area contributed by atoms with Gasteiger partial charge in [-0.1, -0.05) is 6.92 Å². The summed E-state index contributed by atoms with van der Waals surface area (Å²) >= 11 is 0. The van der Waals surface area contributed by atoms with Crippen molar-refractivity contribution in [3.05, 3.63) is 35.9 Å². The largest absolute Gasteiger partial charge is 0.444 e. The van der Waals surface area contributed by atoms with Crippen LogP contribution in [-0.2, 0) is 23.6 Å². The molecule has 0 unspecified atom stereocenters. The third-order valence-electron chi connectivity index (χ3n) is 5.19. The fraction of sp³-hybridized carbons (Fsp3) is 0.520. The molecule has 4 amide bonds. The molecule has 0 atom stereocenters. The molecule has 11 nitrogen and oxygen atoms in total. The lowest BCUT2D eigenvalue weighted by molar-refractivity contribution is -0.116. The van der Waals surface area contributed by atoms with Crippen molar-refractivity contribution in [3.63, 3.8) is 0 Å². The fourth-order valence-corrected chi connectivity index (χ4v) is 3.41. The number of nitrogens with one attached hydrogen (secondary N) is 3. The van der Waals surface area contributed by atoms with Crippen molar-refractivity contribution in [2.75, 3.05) is 30.3 Å². The van der Waals surface area contributed by atoms with Crippen LogP contribution in [0.1, 0.15) is 68.4 Å². The maximum Gasteiger partial charge on any atom is 0.410 e. The summed E-state index contributed by atoms with van der Waals surface area (Å²) in [7, 11) is 3.43. The summed E-state index contributed by atoms with van der Waals surface area (Å²) in [5.74, 6) is -0.886. The third-order valence-corrected chi connectivity index (χ3v) is 5.19. The molecule has 198 valence electrons. The van der Waals surface area contributed by atoms with E-state index in [1.165, 1.54) is 4.90 Å². The molecule has 2 aromatic heterocycles. The zero-order chi connectivity index (χ0) is 27.0. The predicted octanol–water partition coefficient (Wildman–Crippen LogP) is 3.34. The molecule has 11 heteroatoms. The van der Waals surface area contributed by atoms with E-state index in [9.17, 15) is 19.2 Å². The quantitative estimate of drug-likeness (QED) is 0.459. The lowest BCUT2D eigenvalue weighted by Gasteiger charge is -2.26. The second-order valence-corrected chi connectivity index (χ2v) is 9.52. The minimum atomic E-state index is -0.615. The average Bonchev–Trinajstić information content (AvgIpc) is 3.32. The Morgan fingerprint density at radius 1 is 0.917 bits per heavy atom. The van der Waals surface area contributed by atoms with Crippen LogP contribution in [-0.4, -0.2) is 63.1 Å². The molecule has 0 bridgehead atoms. The smallest absolute Gasteiger partial charge is 0.410 e. The van der Waals surface area contributed by atoms with Crippen LogP contribution in [0.25, 0.3) is 0 Å². The van der Waals surface area contributed by atoms with Crippen molar-refractivity contribution in [3.8, 4) is 0 Å². The zero-order valence-electron chi connectivity index (χ0n) is 22.2. The Balaban J connectivity index is 1.97. The summed E-state index contributed by atoms with van der Waals surface area (Å²) in [5.41, 5.74) is 1.09. The molecule has 0 saturated carbocycles. The van der Waals surface area contributed by atoms with E-state index in [0.717, 1.165) is 6.42 Å². The Morgan fingerprint density at radius 2 is 1.47 bits per heavy atom. The highest BCUT2D eigenvalue weighted by molar-refractivity contribution is 6.05. The van der Waals surface area contributed by atoms with Crippen LogP contribution in [0.4, 0.5) is 16.2 Å². The van der Waals surface area contributed by atoms with Crippen LogP contribution in [0.15, 0.2) is 24.5 Å². The normalized spacial score (nSPS) is 11.1. The van der Waals surface area contributed by atoms with E-state index in [1.807, 2.05) is 13.8 Å². The summed E-state index contributed by atoms with van der Waals surface area (Å²) in [6, 6.07) is 3.18. The zero-order valence-corrected chi connectivity index (χ0v) is 22.2. The van der Waals surface area contributed by atoms with Gasteiger partial charge in [0.05, 0.1) is 11.4 Å². The van der Waals surface area contributed by atoms with Gasteiger partial charge in [-0.05, 0) is 46.2 Å². The number of amides is 4. The second-order valence-electron chi connectivity index (χ2n) is 9.52. The number of rotatable bonds is 10. The number of aryl methyl sites for hydroxylation is 2. The molecule has 0 aliphatic rings. The first kappa shape index (κ1) is 28.5. The first-order valence-electron chi connectivity index (χ1n) is 12.0. The molecule has 36 heavy (non-hydrogen) atoms. The summed E-state index contributed by atoms with van der Waals surface area (Å²) in [4.78, 5) is 51.2. The van der Waals surface area contributed by atoms with Gasteiger partial charge in [0.15, 0.2) is 0 Å². The van der Waals surface area contributed by atoms with E-state index >= 15 is 0 Å². The summed E-state index contributed by atoms with van der Waals surface area (Å²) < 4.78 is 8.60. The van der Waals surface area contributed by atoms with Gasteiger partial charge in [0.1, 0.15) is 17.0 Å². The highest BCUT2D eigenvalue weighted by Crippen LogP contribution is 2.18. The van der Waals surface area contributed by atoms with Crippen molar-refractivity contribution < 1.29 is 23.9 Å².